The highest BCUT2D eigenvalue weighted by atomic mass is 31.2. The third-order valence-corrected chi connectivity index (χ3v) is 15.9. The van der Waals surface area contributed by atoms with E-state index in [4.69, 9.17) is 13.8 Å². The first-order valence-corrected chi connectivity index (χ1v) is 35.1. The average Bonchev–Trinajstić information content (AvgIpc) is 3.41. The van der Waals surface area contributed by atoms with Gasteiger partial charge >= 0.3 is 13.8 Å². The van der Waals surface area contributed by atoms with E-state index in [1.807, 2.05) is 33.3 Å². The van der Waals surface area contributed by atoms with Crippen LogP contribution >= 0.6 is 7.82 Å². The Bertz CT molecular complexity index is 1540. The van der Waals surface area contributed by atoms with Gasteiger partial charge < -0.3 is 19.4 Å². The summed E-state index contributed by atoms with van der Waals surface area (Å²) >= 11 is 0. The van der Waals surface area contributed by atoms with Crippen molar-refractivity contribution in [2.45, 2.75) is 328 Å². The lowest BCUT2D eigenvalue weighted by Crippen LogP contribution is -2.47. The van der Waals surface area contributed by atoms with E-state index in [0.717, 1.165) is 77.0 Å². The Morgan fingerprint density at radius 3 is 1.18 bits per heavy atom. The molecule has 0 fully saturated rings. The predicted molar refractivity (Wildman–Crippen MR) is 342 cm³/mol. The van der Waals surface area contributed by atoms with Gasteiger partial charge in [-0.2, -0.15) is 0 Å². The molecular weight excluding hydrogens is 1000 g/mol. The second kappa shape index (κ2) is 58.9. The quantitative estimate of drug-likeness (QED) is 0.0205. The molecule has 0 rings (SSSR count). The Labute approximate surface area is 490 Å². The van der Waals surface area contributed by atoms with Crippen LogP contribution in [0.25, 0.3) is 0 Å². The Kier molecular flexibility index (Phi) is 57.2. The van der Waals surface area contributed by atoms with Gasteiger partial charge in [-0.05, 0) is 76.7 Å². The van der Waals surface area contributed by atoms with Crippen molar-refractivity contribution in [3.05, 3.63) is 60.8 Å². The van der Waals surface area contributed by atoms with Crippen molar-refractivity contribution in [1.82, 2.24) is 5.32 Å². The van der Waals surface area contributed by atoms with E-state index in [-0.39, 0.29) is 25.1 Å². The van der Waals surface area contributed by atoms with Gasteiger partial charge in [0, 0.05) is 12.8 Å². The SMILES string of the molecule is CCCCC/C=C\C/C=C\C/C=C\C/C=C\CCCCCCCCCCCCCC(=O)NC(COP(=O)(O)OCC[N+](C)(C)C)C(/C=C\CCCCCCCCCCCCC)OC(=O)CCCCCCCCCCCCCCC. The van der Waals surface area contributed by atoms with Crippen LogP contribution in [-0.4, -0.2) is 74.3 Å². The van der Waals surface area contributed by atoms with E-state index in [2.05, 4.69) is 74.7 Å². The number of unbranched alkanes of at least 4 members (excludes halogenated alkanes) is 37. The zero-order valence-corrected chi connectivity index (χ0v) is 53.8. The maximum absolute atomic E-state index is 13.6. The number of rotatable bonds is 61. The second-order valence-corrected chi connectivity index (χ2v) is 25.5. The van der Waals surface area contributed by atoms with Crippen LogP contribution in [0.2, 0.25) is 0 Å². The summed E-state index contributed by atoms with van der Waals surface area (Å²) < 4.78 is 30.8. The van der Waals surface area contributed by atoms with Gasteiger partial charge in [0.25, 0.3) is 0 Å². The zero-order chi connectivity index (χ0) is 57.9. The maximum Gasteiger partial charge on any atom is 0.472 e. The zero-order valence-electron chi connectivity index (χ0n) is 52.9. The molecule has 0 saturated carbocycles. The number of allylic oxidation sites excluding steroid dienone is 9. The molecular formula is C69H130N2O7P+. The number of hydrogen-bond donors (Lipinski definition) is 2. The maximum atomic E-state index is 13.6. The van der Waals surface area contributed by atoms with E-state index in [1.165, 1.54) is 205 Å². The summed E-state index contributed by atoms with van der Waals surface area (Å²) in [7, 11) is 1.50. The number of hydrogen-bond acceptors (Lipinski definition) is 6. The van der Waals surface area contributed by atoms with Crippen LogP contribution in [0, 0.1) is 0 Å². The number of nitrogens with zero attached hydrogens (tertiary/aromatic N) is 1. The summed E-state index contributed by atoms with van der Waals surface area (Å²) in [5.41, 5.74) is 0. The molecule has 0 radical (unpaired) electrons. The monoisotopic (exact) mass is 1130 g/mol. The molecule has 0 aromatic carbocycles. The third-order valence-electron chi connectivity index (χ3n) is 15.0. The highest BCUT2D eigenvalue weighted by molar-refractivity contribution is 7.47. The normalized spacial score (nSPS) is 14.0. The molecule has 10 heteroatoms. The number of nitrogens with one attached hydrogen (secondary N) is 1. The molecule has 0 saturated heterocycles. The number of carbonyl (C=O) groups is 2. The van der Waals surface area contributed by atoms with E-state index < -0.39 is 20.0 Å². The van der Waals surface area contributed by atoms with Gasteiger partial charge in [0.05, 0.1) is 33.8 Å². The largest absolute Gasteiger partial charge is 0.472 e. The minimum atomic E-state index is -4.45. The van der Waals surface area contributed by atoms with Crippen molar-refractivity contribution in [1.29, 1.82) is 0 Å². The van der Waals surface area contributed by atoms with Crippen molar-refractivity contribution >= 4 is 19.7 Å². The number of phosphoric acid groups is 1. The smallest absolute Gasteiger partial charge is 0.456 e. The molecule has 9 nitrogen and oxygen atoms in total. The average molecular weight is 1130 g/mol. The molecule has 0 bridgehead atoms. The standard InChI is InChI=1S/C69H129N2O7P/c1-7-10-13-16-19-22-25-28-29-30-31-32-33-34-35-36-37-38-39-40-41-44-46-49-52-55-58-61-68(72)70-66(65-77-79(74,75)76-64-63-71(4,5)6)67(60-57-54-51-48-45-42-26-23-20-17-14-11-8-2)78-69(73)62-59-56-53-50-47-43-27-24-21-18-15-12-9-3/h19,22,28-29,31-32,34-35,57,60,66-67H,7-18,20-21,23-27,30,33,36-56,58-59,61-65H2,1-6H3,(H-,70,72,74,75)/p+1/b22-19-,29-28-,32-31-,35-34-,60-57-. The molecule has 0 heterocycles. The third kappa shape index (κ3) is 60.1. The van der Waals surface area contributed by atoms with Crippen LogP contribution in [0.15, 0.2) is 60.8 Å². The van der Waals surface area contributed by atoms with Crippen molar-refractivity contribution in [2.75, 3.05) is 40.9 Å². The summed E-state index contributed by atoms with van der Waals surface area (Å²) in [5.74, 6) is -0.497. The first-order valence-electron chi connectivity index (χ1n) is 33.6. The van der Waals surface area contributed by atoms with E-state index in [0.29, 0.717) is 23.9 Å². The Morgan fingerprint density at radius 2 is 0.772 bits per heavy atom. The van der Waals surface area contributed by atoms with Crippen molar-refractivity contribution < 1.29 is 37.3 Å². The number of phosphoric ester groups is 1. The number of carbonyl (C=O) groups excluding carboxylic acids is 2. The molecule has 0 aromatic heterocycles. The lowest BCUT2D eigenvalue weighted by molar-refractivity contribution is -0.870. The molecule has 0 aliphatic carbocycles. The Balaban J connectivity index is 5.06. The number of amides is 1. The fraction of sp³-hybridized carbons (Fsp3) is 0.826. The minimum Gasteiger partial charge on any atom is -0.456 e. The van der Waals surface area contributed by atoms with Crippen molar-refractivity contribution in [3.8, 4) is 0 Å². The minimum absolute atomic E-state index is 0.0402. The highest BCUT2D eigenvalue weighted by Gasteiger charge is 2.30. The molecule has 3 atom stereocenters. The number of ether oxygens (including phenoxy) is 1. The van der Waals surface area contributed by atoms with E-state index in [9.17, 15) is 19.0 Å². The molecule has 0 aliphatic heterocycles. The molecule has 79 heavy (non-hydrogen) atoms. The van der Waals surface area contributed by atoms with Crippen LogP contribution in [0.5, 0.6) is 0 Å². The lowest BCUT2D eigenvalue weighted by Gasteiger charge is -2.27. The summed E-state index contributed by atoms with van der Waals surface area (Å²) in [4.78, 5) is 37.8. The molecule has 3 unspecified atom stereocenters. The van der Waals surface area contributed by atoms with E-state index in [1.54, 1.807) is 0 Å². The fourth-order valence-electron chi connectivity index (χ4n) is 9.75. The van der Waals surface area contributed by atoms with Gasteiger partial charge in [-0.15, -0.1) is 0 Å². The predicted octanol–water partition coefficient (Wildman–Crippen LogP) is 21.0. The number of likely N-dealkylation sites (N-methyl/N-ethyl adjacent to an activating group) is 1. The van der Waals surface area contributed by atoms with Gasteiger partial charge in [0.2, 0.25) is 5.91 Å². The van der Waals surface area contributed by atoms with Gasteiger partial charge in [0.1, 0.15) is 19.3 Å². The fourth-order valence-corrected chi connectivity index (χ4v) is 10.5. The molecule has 1 amide bonds. The van der Waals surface area contributed by atoms with Crippen LogP contribution in [0.4, 0.5) is 0 Å². The van der Waals surface area contributed by atoms with Gasteiger partial charge in [-0.25, -0.2) is 4.57 Å². The Hall–Kier alpha value is -2.29. The highest BCUT2D eigenvalue weighted by Crippen LogP contribution is 2.43. The van der Waals surface area contributed by atoms with Gasteiger partial charge in [-0.1, -0.05) is 287 Å². The summed E-state index contributed by atoms with van der Waals surface area (Å²) in [6, 6.07) is -0.849. The Morgan fingerprint density at radius 1 is 0.443 bits per heavy atom. The first kappa shape index (κ1) is 76.7. The van der Waals surface area contributed by atoms with Crippen LogP contribution < -0.4 is 5.32 Å². The molecule has 462 valence electrons. The topological polar surface area (TPSA) is 111 Å². The number of quaternary nitrogens is 1. The molecule has 0 aromatic rings. The lowest BCUT2D eigenvalue weighted by atomic mass is 10.0. The number of esters is 1. The van der Waals surface area contributed by atoms with E-state index >= 15 is 0 Å². The van der Waals surface area contributed by atoms with Gasteiger partial charge in [0.15, 0.2) is 0 Å². The molecule has 2 N–H and O–H groups in total. The van der Waals surface area contributed by atoms with Crippen molar-refractivity contribution in [2.24, 2.45) is 0 Å². The van der Waals surface area contributed by atoms with Crippen molar-refractivity contribution in [3.63, 3.8) is 0 Å². The molecule has 0 spiro atoms. The van der Waals surface area contributed by atoms with Gasteiger partial charge in [-0.3, -0.25) is 18.6 Å². The van der Waals surface area contributed by atoms with Crippen LogP contribution in [0.3, 0.4) is 0 Å². The molecule has 0 aliphatic rings. The summed E-state index contributed by atoms with van der Waals surface area (Å²) in [6.45, 7) is 7.01. The summed E-state index contributed by atoms with van der Waals surface area (Å²) in [5, 5.41) is 3.07. The summed E-state index contributed by atoms with van der Waals surface area (Å²) in [6.07, 6.45) is 75.0. The second-order valence-electron chi connectivity index (χ2n) is 24.0. The van der Waals surface area contributed by atoms with Crippen LogP contribution in [-0.2, 0) is 27.9 Å². The van der Waals surface area contributed by atoms with Crippen LogP contribution in [0.1, 0.15) is 316 Å². The first-order chi connectivity index (χ1) is 38.4.